The summed E-state index contributed by atoms with van der Waals surface area (Å²) in [4.78, 5) is 0. The average molecular weight is 204 g/mol. The van der Waals surface area contributed by atoms with Crippen molar-refractivity contribution in [3.8, 4) is 0 Å². The van der Waals surface area contributed by atoms with Crippen LogP contribution in [0.5, 0.6) is 0 Å². The van der Waals surface area contributed by atoms with Gasteiger partial charge < -0.3 is 4.74 Å². The van der Waals surface area contributed by atoms with Gasteiger partial charge >= 0.3 is 0 Å². The molecule has 0 radical (unpaired) electrons. The number of hydrogen-bond acceptors (Lipinski definition) is 4. The molecule has 74 valence electrons. The van der Waals surface area contributed by atoms with E-state index >= 15 is 0 Å². The lowest BCUT2D eigenvalue weighted by molar-refractivity contribution is 0.106. The predicted octanol–water partition coefficient (Wildman–Crippen LogP) is 0.821. The first-order valence-electron chi connectivity index (χ1n) is 3.76. The molecule has 5 heteroatoms. The Labute approximate surface area is 78.0 Å². The Hall–Kier alpha value is -0.810. The van der Waals surface area contributed by atoms with E-state index < -0.39 is 10.1 Å². The lowest BCUT2D eigenvalue weighted by Crippen LogP contribution is -2.16. The van der Waals surface area contributed by atoms with E-state index in [0.717, 1.165) is 11.8 Å². The van der Waals surface area contributed by atoms with Gasteiger partial charge in [-0.05, 0) is 5.57 Å². The number of rotatable bonds is 3. The van der Waals surface area contributed by atoms with Crippen molar-refractivity contribution >= 4 is 10.1 Å². The summed E-state index contributed by atoms with van der Waals surface area (Å²) in [6.45, 7) is 7.33. The van der Waals surface area contributed by atoms with Crippen molar-refractivity contribution in [1.29, 1.82) is 0 Å². The summed E-state index contributed by atoms with van der Waals surface area (Å²) < 4.78 is 31.0. The average Bonchev–Trinajstić information content (AvgIpc) is 2.27. The smallest absolute Gasteiger partial charge is 0.264 e. The van der Waals surface area contributed by atoms with E-state index in [9.17, 15) is 8.42 Å². The molecule has 1 saturated heterocycles. The van der Waals surface area contributed by atoms with Crippen molar-refractivity contribution in [1.82, 2.24) is 0 Å². The summed E-state index contributed by atoms with van der Waals surface area (Å²) >= 11 is 0. The van der Waals surface area contributed by atoms with Crippen molar-refractivity contribution in [2.24, 2.45) is 0 Å². The Morgan fingerprint density at radius 1 is 1.62 bits per heavy atom. The number of hydrogen-bond donors (Lipinski definition) is 0. The van der Waals surface area contributed by atoms with Crippen LogP contribution in [0.15, 0.2) is 24.5 Å². The van der Waals surface area contributed by atoms with Crippen LogP contribution in [0.1, 0.15) is 6.42 Å². The molecule has 0 aliphatic carbocycles. The maximum Gasteiger partial charge on any atom is 0.264 e. The number of allylic oxidation sites excluding steroid dienone is 1. The molecule has 0 aromatic heterocycles. The molecule has 1 aliphatic rings. The Morgan fingerprint density at radius 3 is 2.62 bits per heavy atom. The zero-order valence-corrected chi connectivity index (χ0v) is 8.26. The van der Waals surface area contributed by atoms with Gasteiger partial charge in [-0.15, -0.1) is 0 Å². The molecule has 0 amide bonds. The molecule has 1 aliphatic heterocycles. The van der Waals surface area contributed by atoms with E-state index in [1.807, 2.05) is 0 Å². The number of ether oxygens (including phenoxy) is 1. The maximum atomic E-state index is 10.6. The zero-order chi connectivity index (χ0) is 10.1. The van der Waals surface area contributed by atoms with Crippen molar-refractivity contribution in [2.45, 2.75) is 12.5 Å². The van der Waals surface area contributed by atoms with Crippen molar-refractivity contribution in [3.05, 3.63) is 24.5 Å². The van der Waals surface area contributed by atoms with E-state index in [1.54, 1.807) is 0 Å². The van der Waals surface area contributed by atoms with Gasteiger partial charge in [-0.3, -0.25) is 4.18 Å². The monoisotopic (exact) mass is 204 g/mol. The first-order chi connectivity index (χ1) is 5.88. The molecule has 1 heterocycles. The van der Waals surface area contributed by atoms with Crippen LogP contribution < -0.4 is 0 Å². The molecule has 0 N–H and O–H groups in total. The Balaban J connectivity index is 2.42. The van der Waals surface area contributed by atoms with Gasteiger partial charge in [0.05, 0.1) is 6.26 Å². The van der Waals surface area contributed by atoms with E-state index in [4.69, 9.17) is 4.74 Å². The van der Waals surface area contributed by atoms with Crippen molar-refractivity contribution < 1.29 is 17.3 Å². The second-order valence-corrected chi connectivity index (χ2v) is 4.60. The molecule has 0 aromatic carbocycles. The second kappa shape index (κ2) is 3.51. The van der Waals surface area contributed by atoms with Gasteiger partial charge in [-0.1, -0.05) is 13.2 Å². The molecular formula is C8H12O4S. The first-order valence-corrected chi connectivity index (χ1v) is 5.58. The summed E-state index contributed by atoms with van der Waals surface area (Å²) in [5.74, 6) is 0.516. The van der Waals surface area contributed by atoms with Crippen LogP contribution in [-0.4, -0.2) is 27.4 Å². The third-order valence-electron chi connectivity index (χ3n) is 1.65. The van der Waals surface area contributed by atoms with Crippen LogP contribution >= 0.6 is 0 Å². The predicted molar refractivity (Wildman–Crippen MR) is 48.6 cm³/mol. The standard InChI is InChI=1S/C8H12O4S/c1-6-4-8(12-7(6)2)5-11-13(3,9)10/h8H,1-2,4-5H2,3H3. The fourth-order valence-corrected chi connectivity index (χ4v) is 1.41. The van der Waals surface area contributed by atoms with Gasteiger partial charge in [0.15, 0.2) is 0 Å². The minimum absolute atomic E-state index is 0.0247. The summed E-state index contributed by atoms with van der Waals surface area (Å²) in [6, 6.07) is 0. The highest BCUT2D eigenvalue weighted by Crippen LogP contribution is 2.26. The minimum Gasteiger partial charge on any atom is -0.488 e. The highest BCUT2D eigenvalue weighted by molar-refractivity contribution is 7.85. The molecule has 1 atom stereocenters. The van der Waals surface area contributed by atoms with Gasteiger partial charge in [0.25, 0.3) is 10.1 Å². The molecule has 1 rings (SSSR count). The fraction of sp³-hybridized carbons (Fsp3) is 0.500. The van der Waals surface area contributed by atoms with Gasteiger partial charge in [-0.25, -0.2) is 0 Å². The molecule has 0 saturated carbocycles. The quantitative estimate of drug-likeness (QED) is 0.639. The molecule has 13 heavy (non-hydrogen) atoms. The Bertz CT molecular complexity index is 312. The van der Waals surface area contributed by atoms with Gasteiger partial charge in [0, 0.05) is 6.42 Å². The molecule has 1 unspecified atom stereocenters. The van der Waals surface area contributed by atoms with E-state index in [-0.39, 0.29) is 12.7 Å². The molecule has 0 bridgehead atoms. The van der Waals surface area contributed by atoms with Crippen LogP contribution in [0, 0.1) is 0 Å². The van der Waals surface area contributed by atoms with E-state index in [2.05, 4.69) is 17.3 Å². The highest BCUT2D eigenvalue weighted by Gasteiger charge is 2.24. The lowest BCUT2D eigenvalue weighted by Gasteiger charge is -2.08. The first kappa shape index (κ1) is 10.3. The minimum atomic E-state index is -3.39. The maximum absolute atomic E-state index is 10.6. The van der Waals surface area contributed by atoms with Gasteiger partial charge in [-0.2, -0.15) is 8.42 Å². The normalized spacial score (nSPS) is 23.3. The van der Waals surface area contributed by atoms with Crippen LogP contribution in [0.2, 0.25) is 0 Å². The molecule has 0 aromatic rings. The van der Waals surface area contributed by atoms with Gasteiger partial charge in [0.1, 0.15) is 18.5 Å². The summed E-state index contributed by atoms with van der Waals surface area (Å²) in [5, 5.41) is 0. The van der Waals surface area contributed by atoms with Crippen molar-refractivity contribution in [3.63, 3.8) is 0 Å². The SMILES string of the molecule is C=C1CC(COS(C)(=O)=O)OC1=C. The molecule has 0 spiro atoms. The highest BCUT2D eigenvalue weighted by atomic mass is 32.2. The van der Waals surface area contributed by atoms with Crippen LogP contribution in [0.4, 0.5) is 0 Å². The van der Waals surface area contributed by atoms with Crippen molar-refractivity contribution in [2.75, 3.05) is 12.9 Å². The molecular weight excluding hydrogens is 192 g/mol. The van der Waals surface area contributed by atoms with E-state index in [1.165, 1.54) is 0 Å². The molecule has 4 nitrogen and oxygen atoms in total. The summed E-state index contributed by atoms with van der Waals surface area (Å²) in [6.07, 6.45) is 1.31. The Morgan fingerprint density at radius 2 is 2.23 bits per heavy atom. The summed E-state index contributed by atoms with van der Waals surface area (Å²) in [7, 11) is -3.39. The topological polar surface area (TPSA) is 52.6 Å². The zero-order valence-electron chi connectivity index (χ0n) is 7.45. The third kappa shape index (κ3) is 3.20. The van der Waals surface area contributed by atoms with Crippen LogP contribution in [0.3, 0.4) is 0 Å². The largest absolute Gasteiger partial charge is 0.488 e. The summed E-state index contributed by atoms with van der Waals surface area (Å²) in [5.41, 5.74) is 0.794. The second-order valence-electron chi connectivity index (χ2n) is 2.96. The fourth-order valence-electron chi connectivity index (χ4n) is 1.01. The lowest BCUT2D eigenvalue weighted by atomic mass is 10.2. The van der Waals surface area contributed by atoms with Crippen LogP contribution in [0.25, 0.3) is 0 Å². The van der Waals surface area contributed by atoms with E-state index in [0.29, 0.717) is 12.2 Å². The third-order valence-corrected chi connectivity index (χ3v) is 2.21. The molecule has 1 fully saturated rings. The van der Waals surface area contributed by atoms with Crippen LogP contribution in [-0.2, 0) is 19.0 Å². The van der Waals surface area contributed by atoms with Gasteiger partial charge in [0.2, 0.25) is 0 Å². The Kier molecular flexibility index (Phi) is 2.77.